The SMILES string of the molecule is CC[C@H](NC(=O)OCC1c2ccccc2-c2ccccc21)C(=O)Nc1ccc(C(=O)O)c(O)c1. The molecule has 4 N–H and O–H groups in total. The first-order valence-electron chi connectivity index (χ1n) is 10.9. The topological polar surface area (TPSA) is 125 Å². The number of anilines is 1. The molecule has 0 spiro atoms. The summed E-state index contributed by atoms with van der Waals surface area (Å²) in [5, 5.41) is 23.9. The van der Waals surface area contributed by atoms with Gasteiger partial charge in [0.25, 0.3) is 0 Å². The summed E-state index contributed by atoms with van der Waals surface area (Å²) in [5.41, 5.74) is 4.35. The van der Waals surface area contributed by atoms with Gasteiger partial charge in [0.15, 0.2) is 0 Å². The van der Waals surface area contributed by atoms with Crippen LogP contribution in [-0.4, -0.2) is 40.8 Å². The van der Waals surface area contributed by atoms with Gasteiger partial charge in [0, 0.05) is 17.7 Å². The van der Waals surface area contributed by atoms with Gasteiger partial charge in [-0.15, -0.1) is 0 Å². The summed E-state index contributed by atoms with van der Waals surface area (Å²) in [6.07, 6.45) is -0.414. The Balaban J connectivity index is 1.38. The van der Waals surface area contributed by atoms with Gasteiger partial charge in [-0.05, 0) is 40.8 Å². The molecule has 8 nitrogen and oxygen atoms in total. The van der Waals surface area contributed by atoms with E-state index < -0.39 is 29.8 Å². The average molecular weight is 460 g/mol. The van der Waals surface area contributed by atoms with Crippen LogP contribution in [-0.2, 0) is 9.53 Å². The van der Waals surface area contributed by atoms with Crippen molar-refractivity contribution in [1.29, 1.82) is 0 Å². The third-order valence-corrected chi connectivity index (χ3v) is 5.86. The van der Waals surface area contributed by atoms with Crippen molar-refractivity contribution in [1.82, 2.24) is 5.32 Å². The number of rotatable bonds is 7. The van der Waals surface area contributed by atoms with Crippen molar-refractivity contribution in [2.24, 2.45) is 0 Å². The number of fused-ring (bicyclic) bond motifs is 3. The number of carbonyl (C=O) groups is 3. The molecule has 4 rings (SSSR count). The Kier molecular flexibility index (Phi) is 6.49. The lowest BCUT2D eigenvalue weighted by Crippen LogP contribution is -2.43. The van der Waals surface area contributed by atoms with Gasteiger partial charge in [-0.1, -0.05) is 55.5 Å². The highest BCUT2D eigenvalue weighted by atomic mass is 16.5. The van der Waals surface area contributed by atoms with Crippen LogP contribution in [0, 0.1) is 0 Å². The second kappa shape index (κ2) is 9.66. The van der Waals surface area contributed by atoms with E-state index in [0.29, 0.717) is 6.42 Å². The first-order valence-corrected chi connectivity index (χ1v) is 10.9. The summed E-state index contributed by atoms with van der Waals surface area (Å²) in [5.74, 6) is -2.36. The number of aromatic hydroxyl groups is 1. The number of hydrogen-bond acceptors (Lipinski definition) is 5. The van der Waals surface area contributed by atoms with Gasteiger partial charge in [0.1, 0.15) is 24.0 Å². The van der Waals surface area contributed by atoms with Crippen LogP contribution in [0.2, 0.25) is 0 Å². The smallest absolute Gasteiger partial charge is 0.407 e. The predicted molar refractivity (Wildman–Crippen MR) is 126 cm³/mol. The number of amides is 2. The second-order valence-corrected chi connectivity index (χ2v) is 7.96. The van der Waals surface area contributed by atoms with Crippen molar-refractivity contribution in [2.75, 3.05) is 11.9 Å². The Morgan fingerprint density at radius 1 is 0.971 bits per heavy atom. The molecule has 0 radical (unpaired) electrons. The summed E-state index contributed by atoms with van der Waals surface area (Å²) in [6, 6.07) is 18.8. The summed E-state index contributed by atoms with van der Waals surface area (Å²) in [4.78, 5) is 36.1. The van der Waals surface area contributed by atoms with Crippen LogP contribution >= 0.6 is 0 Å². The van der Waals surface area contributed by atoms with E-state index in [-0.39, 0.29) is 23.8 Å². The van der Waals surface area contributed by atoms with E-state index in [1.54, 1.807) is 6.92 Å². The molecule has 1 aliphatic carbocycles. The van der Waals surface area contributed by atoms with Crippen LogP contribution in [0.25, 0.3) is 11.1 Å². The molecule has 174 valence electrons. The fourth-order valence-electron chi connectivity index (χ4n) is 4.15. The summed E-state index contributed by atoms with van der Waals surface area (Å²) >= 11 is 0. The molecule has 1 aliphatic rings. The zero-order valence-electron chi connectivity index (χ0n) is 18.4. The molecule has 3 aromatic rings. The van der Waals surface area contributed by atoms with Crippen LogP contribution in [0.3, 0.4) is 0 Å². The van der Waals surface area contributed by atoms with E-state index in [1.165, 1.54) is 12.1 Å². The fraction of sp³-hybridized carbons (Fsp3) is 0.192. The van der Waals surface area contributed by atoms with Crippen LogP contribution in [0.1, 0.15) is 40.7 Å². The molecule has 0 fully saturated rings. The highest BCUT2D eigenvalue weighted by Gasteiger charge is 2.29. The summed E-state index contributed by atoms with van der Waals surface area (Å²) in [7, 11) is 0. The molecule has 34 heavy (non-hydrogen) atoms. The molecular formula is C26H24N2O6. The Hall–Kier alpha value is -4.33. The minimum atomic E-state index is -1.28. The highest BCUT2D eigenvalue weighted by Crippen LogP contribution is 2.44. The number of carboxylic acids is 1. The molecule has 0 saturated heterocycles. The van der Waals surface area contributed by atoms with Gasteiger partial charge in [-0.2, -0.15) is 0 Å². The number of aromatic carboxylic acids is 1. The number of nitrogens with one attached hydrogen (secondary N) is 2. The van der Waals surface area contributed by atoms with Crippen molar-refractivity contribution in [3.05, 3.63) is 83.4 Å². The lowest BCUT2D eigenvalue weighted by atomic mass is 9.98. The van der Waals surface area contributed by atoms with E-state index in [4.69, 9.17) is 9.84 Å². The third-order valence-electron chi connectivity index (χ3n) is 5.86. The van der Waals surface area contributed by atoms with Crippen molar-refractivity contribution >= 4 is 23.7 Å². The molecule has 2 amide bonds. The number of carbonyl (C=O) groups excluding carboxylic acids is 2. The van der Waals surface area contributed by atoms with Crippen LogP contribution < -0.4 is 10.6 Å². The molecule has 0 aliphatic heterocycles. The molecule has 3 aromatic carbocycles. The minimum Gasteiger partial charge on any atom is -0.507 e. The Morgan fingerprint density at radius 3 is 2.15 bits per heavy atom. The van der Waals surface area contributed by atoms with Crippen molar-refractivity contribution in [3.8, 4) is 16.9 Å². The average Bonchev–Trinajstić information content (AvgIpc) is 3.14. The number of ether oxygens (including phenoxy) is 1. The van der Waals surface area contributed by atoms with Gasteiger partial charge in [-0.3, -0.25) is 4.79 Å². The van der Waals surface area contributed by atoms with Crippen LogP contribution in [0.15, 0.2) is 66.7 Å². The van der Waals surface area contributed by atoms with E-state index >= 15 is 0 Å². The molecule has 0 heterocycles. The van der Waals surface area contributed by atoms with Crippen LogP contribution in [0.5, 0.6) is 5.75 Å². The molecule has 0 aromatic heterocycles. The van der Waals surface area contributed by atoms with Crippen molar-refractivity contribution in [3.63, 3.8) is 0 Å². The normalized spacial score (nSPS) is 12.9. The number of alkyl carbamates (subject to hydrolysis) is 1. The number of phenols is 1. The monoisotopic (exact) mass is 460 g/mol. The minimum absolute atomic E-state index is 0.0946. The highest BCUT2D eigenvalue weighted by molar-refractivity contribution is 5.98. The van der Waals surface area contributed by atoms with Gasteiger partial charge in [0.05, 0.1) is 0 Å². The Bertz CT molecular complexity index is 1210. The quantitative estimate of drug-likeness (QED) is 0.416. The van der Waals surface area contributed by atoms with Crippen molar-refractivity contribution < 1.29 is 29.3 Å². The maximum absolute atomic E-state index is 12.6. The molecular weight excluding hydrogens is 436 g/mol. The van der Waals surface area contributed by atoms with Crippen molar-refractivity contribution in [2.45, 2.75) is 25.3 Å². The molecule has 0 saturated carbocycles. The van der Waals surface area contributed by atoms with Crippen LogP contribution in [0.4, 0.5) is 10.5 Å². The number of hydrogen-bond donors (Lipinski definition) is 4. The largest absolute Gasteiger partial charge is 0.507 e. The maximum Gasteiger partial charge on any atom is 0.407 e. The maximum atomic E-state index is 12.6. The second-order valence-electron chi connectivity index (χ2n) is 7.96. The predicted octanol–water partition coefficient (Wildman–Crippen LogP) is 4.35. The van der Waals surface area contributed by atoms with E-state index in [0.717, 1.165) is 28.3 Å². The Morgan fingerprint density at radius 2 is 1.59 bits per heavy atom. The first kappa shape index (κ1) is 22.8. The third kappa shape index (κ3) is 4.56. The molecule has 8 heteroatoms. The van der Waals surface area contributed by atoms with Gasteiger partial charge in [0.2, 0.25) is 5.91 Å². The zero-order valence-corrected chi connectivity index (χ0v) is 18.4. The standard InChI is InChI=1S/C26H24N2O6/c1-2-22(24(30)27-15-11-12-20(25(31)32)23(29)13-15)28-26(33)34-14-21-18-9-5-3-7-16(18)17-8-4-6-10-19(17)21/h3-13,21-22,29H,2,14H2,1H3,(H,27,30)(H,28,33)(H,31,32)/t22-/m0/s1. The molecule has 1 atom stereocenters. The summed E-state index contributed by atoms with van der Waals surface area (Å²) < 4.78 is 5.50. The van der Waals surface area contributed by atoms with Gasteiger partial charge >= 0.3 is 12.1 Å². The lowest BCUT2D eigenvalue weighted by molar-refractivity contribution is -0.118. The van der Waals surface area contributed by atoms with Gasteiger partial charge < -0.3 is 25.6 Å². The number of benzene rings is 3. The first-order chi connectivity index (χ1) is 16.4. The summed E-state index contributed by atoms with van der Waals surface area (Å²) in [6.45, 7) is 1.86. The van der Waals surface area contributed by atoms with E-state index in [9.17, 15) is 19.5 Å². The lowest BCUT2D eigenvalue weighted by Gasteiger charge is -2.19. The van der Waals surface area contributed by atoms with E-state index in [2.05, 4.69) is 10.6 Å². The van der Waals surface area contributed by atoms with E-state index in [1.807, 2.05) is 48.5 Å². The van der Waals surface area contributed by atoms with Gasteiger partial charge in [-0.25, -0.2) is 9.59 Å². The fourth-order valence-corrected chi connectivity index (χ4v) is 4.15. The molecule has 0 bridgehead atoms. The number of carboxylic acid groups (broad SMARTS) is 1. The zero-order chi connectivity index (χ0) is 24.2. The molecule has 0 unspecified atom stereocenters. The Labute approximate surface area is 196 Å².